The summed E-state index contributed by atoms with van der Waals surface area (Å²) in [6, 6.07) is 8.63. The number of hydrogen-bond donors (Lipinski definition) is 0. The van der Waals surface area contributed by atoms with Gasteiger partial charge in [0.1, 0.15) is 0 Å². The van der Waals surface area contributed by atoms with Crippen molar-refractivity contribution in [3.8, 4) is 0 Å². The highest BCUT2D eigenvalue weighted by Gasteiger charge is 2.25. The molecule has 2 aliphatic rings. The first-order valence-electron chi connectivity index (χ1n) is 6.42. The van der Waals surface area contributed by atoms with Crippen LogP contribution in [0.25, 0.3) is 5.57 Å². The first kappa shape index (κ1) is 11.0. The number of methoxy groups -OCH3 is 1. The molecule has 1 aromatic carbocycles. The van der Waals surface area contributed by atoms with Gasteiger partial charge in [-0.1, -0.05) is 30.3 Å². The Balaban J connectivity index is 1.82. The van der Waals surface area contributed by atoms with Crippen LogP contribution in [0.1, 0.15) is 30.1 Å². The number of nitrogens with zero attached hydrogens (tertiary/aromatic N) is 1. The fourth-order valence-corrected chi connectivity index (χ4v) is 2.70. The molecule has 1 heterocycles. The molecule has 1 aromatic rings. The zero-order chi connectivity index (χ0) is 11.7. The molecule has 1 aliphatic heterocycles. The third-order valence-electron chi connectivity index (χ3n) is 3.89. The highest BCUT2D eigenvalue weighted by Crippen LogP contribution is 2.41. The lowest BCUT2D eigenvalue weighted by atomic mass is 10.1. The highest BCUT2D eigenvalue weighted by atomic mass is 16.5. The fourth-order valence-electron chi connectivity index (χ4n) is 2.70. The van der Waals surface area contributed by atoms with Crippen LogP contribution < -0.4 is 0 Å². The van der Waals surface area contributed by atoms with E-state index in [0.29, 0.717) is 0 Å². The zero-order valence-electron chi connectivity index (χ0n) is 10.4. The number of rotatable bonds is 3. The smallest absolute Gasteiger partial charge is 0.0867 e. The molecule has 1 saturated heterocycles. The Morgan fingerprint density at radius 3 is 2.88 bits per heavy atom. The molecule has 0 bridgehead atoms. The van der Waals surface area contributed by atoms with Crippen molar-refractivity contribution >= 4 is 5.57 Å². The average Bonchev–Trinajstić information content (AvgIpc) is 2.66. The molecule has 0 saturated carbocycles. The van der Waals surface area contributed by atoms with Crippen LogP contribution in [-0.4, -0.2) is 31.6 Å². The van der Waals surface area contributed by atoms with Crippen molar-refractivity contribution in [1.82, 2.24) is 4.90 Å². The molecule has 90 valence electrons. The van der Waals surface area contributed by atoms with Crippen LogP contribution in [0.2, 0.25) is 0 Å². The molecule has 1 unspecified atom stereocenters. The molecule has 2 nitrogen and oxygen atoms in total. The third kappa shape index (κ3) is 2.03. The van der Waals surface area contributed by atoms with Crippen LogP contribution in [0.3, 0.4) is 0 Å². The van der Waals surface area contributed by atoms with Gasteiger partial charge in [0.05, 0.1) is 6.10 Å². The van der Waals surface area contributed by atoms with Gasteiger partial charge in [0.15, 0.2) is 0 Å². The van der Waals surface area contributed by atoms with Gasteiger partial charge in [0.25, 0.3) is 0 Å². The molecular weight excluding hydrogens is 210 g/mol. The third-order valence-corrected chi connectivity index (χ3v) is 3.89. The summed E-state index contributed by atoms with van der Waals surface area (Å²) < 4.78 is 5.56. The van der Waals surface area contributed by atoms with Gasteiger partial charge >= 0.3 is 0 Å². The molecule has 1 atom stereocenters. The summed E-state index contributed by atoms with van der Waals surface area (Å²) in [6.45, 7) is 3.62. The van der Waals surface area contributed by atoms with Crippen molar-refractivity contribution in [2.75, 3.05) is 26.7 Å². The van der Waals surface area contributed by atoms with Gasteiger partial charge in [-0.25, -0.2) is 0 Å². The fraction of sp³-hybridized carbons (Fsp3) is 0.467. The van der Waals surface area contributed by atoms with E-state index in [2.05, 4.69) is 35.2 Å². The second kappa shape index (κ2) is 4.63. The monoisotopic (exact) mass is 229 g/mol. The number of hydrogen-bond acceptors (Lipinski definition) is 2. The van der Waals surface area contributed by atoms with Gasteiger partial charge in [-0.15, -0.1) is 0 Å². The first-order chi connectivity index (χ1) is 8.38. The maximum atomic E-state index is 5.56. The minimum Gasteiger partial charge on any atom is -0.376 e. The van der Waals surface area contributed by atoms with E-state index in [4.69, 9.17) is 4.74 Å². The van der Waals surface area contributed by atoms with Crippen LogP contribution in [0.5, 0.6) is 0 Å². The van der Waals surface area contributed by atoms with E-state index in [1.807, 2.05) is 0 Å². The van der Waals surface area contributed by atoms with E-state index < -0.39 is 0 Å². The van der Waals surface area contributed by atoms with Crippen LogP contribution in [0.4, 0.5) is 0 Å². The van der Waals surface area contributed by atoms with Crippen molar-refractivity contribution in [3.63, 3.8) is 0 Å². The van der Waals surface area contributed by atoms with E-state index in [-0.39, 0.29) is 6.10 Å². The molecule has 0 radical (unpaired) electrons. The summed E-state index contributed by atoms with van der Waals surface area (Å²) in [5.41, 5.74) is 4.20. The van der Waals surface area contributed by atoms with Crippen LogP contribution in [-0.2, 0) is 4.74 Å². The maximum absolute atomic E-state index is 5.56. The topological polar surface area (TPSA) is 12.5 Å². The van der Waals surface area contributed by atoms with Crippen LogP contribution in [0, 0.1) is 0 Å². The van der Waals surface area contributed by atoms with Gasteiger partial charge in [-0.2, -0.15) is 0 Å². The van der Waals surface area contributed by atoms with Gasteiger partial charge < -0.3 is 4.74 Å². The standard InChI is InChI=1S/C15H19NO/c1-17-15-11-12(7-10-16-8-4-9-16)13-5-2-3-6-14(13)15/h2-3,5-7,15H,4,8-11H2,1H3/b12-7+. The van der Waals surface area contributed by atoms with E-state index in [1.165, 1.54) is 36.2 Å². The molecule has 0 amide bonds. The molecule has 17 heavy (non-hydrogen) atoms. The molecule has 0 N–H and O–H groups in total. The van der Waals surface area contributed by atoms with E-state index >= 15 is 0 Å². The quantitative estimate of drug-likeness (QED) is 0.790. The van der Waals surface area contributed by atoms with Crippen molar-refractivity contribution in [3.05, 3.63) is 41.5 Å². The van der Waals surface area contributed by atoms with Crippen LogP contribution >= 0.6 is 0 Å². The lowest BCUT2D eigenvalue weighted by molar-refractivity contribution is 0.112. The summed E-state index contributed by atoms with van der Waals surface area (Å²) in [4.78, 5) is 2.48. The Hall–Kier alpha value is -1.12. The van der Waals surface area contributed by atoms with Gasteiger partial charge in [0.2, 0.25) is 0 Å². The van der Waals surface area contributed by atoms with Crippen molar-refractivity contribution in [2.45, 2.75) is 18.9 Å². The van der Waals surface area contributed by atoms with Gasteiger partial charge in [-0.3, -0.25) is 4.90 Å². The lowest BCUT2D eigenvalue weighted by Gasteiger charge is -2.29. The van der Waals surface area contributed by atoms with Crippen LogP contribution in [0.15, 0.2) is 30.3 Å². The molecule has 2 heteroatoms. The predicted molar refractivity (Wildman–Crippen MR) is 69.8 cm³/mol. The van der Waals surface area contributed by atoms with E-state index in [0.717, 1.165) is 13.0 Å². The predicted octanol–water partition coefficient (Wildman–Crippen LogP) is 2.87. The lowest BCUT2D eigenvalue weighted by Crippen LogP contribution is -2.37. The normalized spacial score (nSPS) is 25.9. The molecule has 0 spiro atoms. The molecule has 1 fully saturated rings. The minimum atomic E-state index is 0.258. The zero-order valence-corrected chi connectivity index (χ0v) is 10.4. The maximum Gasteiger partial charge on any atom is 0.0867 e. The first-order valence-corrected chi connectivity index (χ1v) is 6.42. The Labute approximate surface area is 103 Å². The van der Waals surface area contributed by atoms with Gasteiger partial charge in [0, 0.05) is 20.1 Å². The molecule has 1 aliphatic carbocycles. The van der Waals surface area contributed by atoms with Crippen molar-refractivity contribution < 1.29 is 4.74 Å². The Kier molecular flexibility index (Phi) is 3.00. The summed E-state index contributed by atoms with van der Waals surface area (Å²) in [5.74, 6) is 0. The van der Waals surface area contributed by atoms with Crippen molar-refractivity contribution in [1.29, 1.82) is 0 Å². The average molecular weight is 229 g/mol. The second-order valence-corrected chi connectivity index (χ2v) is 4.90. The number of ether oxygens (including phenoxy) is 1. The number of benzene rings is 1. The number of likely N-dealkylation sites (tertiary alicyclic amines) is 1. The number of fused-ring (bicyclic) bond motifs is 1. The summed E-state index contributed by atoms with van der Waals surface area (Å²) in [6.07, 6.45) is 5.04. The summed E-state index contributed by atoms with van der Waals surface area (Å²) in [5, 5.41) is 0. The highest BCUT2D eigenvalue weighted by molar-refractivity contribution is 5.73. The second-order valence-electron chi connectivity index (χ2n) is 4.90. The largest absolute Gasteiger partial charge is 0.376 e. The van der Waals surface area contributed by atoms with Crippen molar-refractivity contribution in [2.24, 2.45) is 0 Å². The molecule has 0 aromatic heterocycles. The van der Waals surface area contributed by atoms with E-state index in [1.54, 1.807) is 7.11 Å². The molecular formula is C15H19NO. The summed E-state index contributed by atoms with van der Waals surface area (Å²) >= 11 is 0. The van der Waals surface area contributed by atoms with E-state index in [9.17, 15) is 0 Å². The Morgan fingerprint density at radius 1 is 1.35 bits per heavy atom. The minimum absolute atomic E-state index is 0.258. The molecule has 3 rings (SSSR count). The SMILES string of the molecule is COC1C/C(=C\CN2CCC2)c2ccccc21. The Morgan fingerprint density at radius 2 is 2.18 bits per heavy atom. The van der Waals surface area contributed by atoms with Gasteiger partial charge in [-0.05, 0) is 36.2 Å². The Bertz CT molecular complexity index is 434. The summed E-state index contributed by atoms with van der Waals surface area (Å²) in [7, 11) is 1.81.